The third kappa shape index (κ3) is 5.07. The van der Waals surface area contributed by atoms with Gasteiger partial charge in [-0.1, -0.05) is 131 Å². The van der Waals surface area contributed by atoms with E-state index in [4.69, 9.17) is 0 Å². The van der Waals surface area contributed by atoms with E-state index in [0.717, 1.165) is 16.7 Å². The zero-order valence-electron chi connectivity index (χ0n) is 19.2. The lowest BCUT2D eigenvalue weighted by Crippen LogP contribution is -2.36. The fraction of sp³-hybridized carbons (Fsp3) is 0.241. The van der Waals surface area contributed by atoms with Gasteiger partial charge in [0.1, 0.15) is 13.7 Å². The molecule has 1 nitrogen and oxygen atoms in total. The van der Waals surface area contributed by atoms with Crippen LogP contribution in [0.5, 0.6) is 0 Å². The van der Waals surface area contributed by atoms with Crippen molar-refractivity contribution in [3.8, 4) is 11.5 Å². The lowest BCUT2D eigenvalue weighted by molar-refractivity contribution is 0.127. The van der Waals surface area contributed by atoms with E-state index in [1.54, 1.807) is 0 Å². The zero-order valence-corrected chi connectivity index (χ0v) is 20.2. The van der Waals surface area contributed by atoms with E-state index in [1.807, 2.05) is 97.1 Å². The first kappa shape index (κ1) is 22.8. The van der Waals surface area contributed by atoms with Crippen LogP contribution in [0.3, 0.4) is 0 Å². The summed E-state index contributed by atoms with van der Waals surface area (Å²) < 4.78 is 0. The minimum atomic E-state index is -1.88. The molecule has 0 amide bonds. The standard InChI is InChI=1S/C29H32OSi/c1-28(2,3)31(4,5)22-21-27(23-24-15-9-6-10-16-24)29(30,25-17-11-7-12-18-25)26-19-13-8-14-20-26/h6-20,23,30H,1-5H3/b27-23-. The van der Waals surface area contributed by atoms with Crippen molar-refractivity contribution in [3.05, 3.63) is 113 Å². The predicted molar refractivity (Wildman–Crippen MR) is 135 cm³/mol. The van der Waals surface area contributed by atoms with Gasteiger partial charge in [0.2, 0.25) is 0 Å². The topological polar surface area (TPSA) is 20.2 Å². The van der Waals surface area contributed by atoms with Crippen molar-refractivity contribution < 1.29 is 5.11 Å². The van der Waals surface area contributed by atoms with E-state index in [0.29, 0.717) is 5.57 Å². The fourth-order valence-corrected chi connectivity index (χ4v) is 4.02. The molecule has 158 valence electrons. The molecule has 31 heavy (non-hydrogen) atoms. The molecule has 0 spiro atoms. The van der Waals surface area contributed by atoms with Crippen LogP contribution >= 0.6 is 0 Å². The van der Waals surface area contributed by atoms with Crippen molar-refractivity contribution >= 4 is 14.1 Å². The molecule has 0 fully saturated rings. The van der Waals surface area contributed by atoms with E-state index in [-0.39, 0.29) is 5.04 Å². The summed E-state index contributed by atoms with van der Waals surface area (Å²) in [5, 5.41) is 12.5. The Hall–Kier alpha value is -2.86. The van der Waals surface area contributed by atoms with Crippen LogP contribution in [0.2, 0.25) is 18.1 Å². The maximum absolute atomic E-state index is 12.3. The minimum Gasteiger partial charge on any atom is -0.375 e. The van der Waals surface area contributed by atoms with Gasteiger partial charge in [-0.05, 0) is 27.8 Å². The Kier molecular flexibility index (Phi) is 6.70. The summed E-state index contributed by atoms with van der Waals surface area (Å²) in [5.41, 5.74) is 5.63. The highest BCUT2D eigenvalue weighted by atomic mass is 28.3. The molecule has 0 aromatic heterocycles. The molecule has 0 atom stereocenters. The van der Waals surface area contributed by atoms with Gasteiger partial charge in [0.25, 0.3) is 0 Å². The maximum atomic E-state index is 12.3. The summed E-state index contributed by atoms with van der Waals surface area (Å²) in [6, 6.07) is 29.8. The molecule has 1 N–H and O–H groups in total. The number of hydrogen-bond acceptors (Lipinski definition) is 1. The minimum absolute atomic E-state index is 0.134. The molecule has 0 saturated heterocycles. The predicted octanol–water partition coefficient (Wildman–Crippen LogP) is 7.06. The summed E-state index contributed by atoms with van der Waals surface area (Å²) in [6.45, 7) is 11.4. The van der Waals surface area contributed by atoms with E-state index in [1.165, 1.54) is 0 Å². The summed E-state index contributed by atoms with van der Waals surface area (Å²) in [7, 11) is -1.88. The Balaban J connectivity index is 2.29. The molecular formula is C29H32OSi. The quantitative estimate of drug-likeness (QED) is 0.351. The lowest BCUT2D eigenvalue weighted by atomic mass is 9.79. The number of aliphatic hydroxyl groups is 1. The highest BCUT2D eigenvalue weighted by Crippen LogP contribution is 2.39. The molecule has 0 aliphatic heterocycles. The van der Waals surface area contributed by atoms with E-state index in [2.05, 4.69) is 45.3 Å². The van der Waals surface area contributed by atoms with Crippen LogP contribution in [0.25, 0.3) is 6.08 Å². The molecule has 3 rings (SSSR count). The fourth-order valence-electron chi connectivity index (χ4n) is 3.19. The summed E-state index contributed by atoms with van der Waals surface area (Å²) >= 11 is 0. The first-order valence-electron chi connectivity index (χ1n) is 10.8. The van der Waals surface area contributed by atoms with Crippen molar-refractivity contribution in [2.24, 2.45) is 0 Å². The second-order valence-corrected chi connectivity index (χ2v) is 14.5. The highest BCUT2D eigenvalue weighted by Gasteiger charge is 2.37. The number of rotatable bonds is 4. The molecule has 2 heteroatoms. The molecular weight excluding hydrogens is 392 g/mol. The van der Waals surface area contributed by atoms with Gasteiger partial charge in [-0.3, -0.25) is 0 Å². The van der Waals surface area contributed by atoms with Gasteiger partial charge >= 0.3 is 0 Å². The second-order valence-electron chi connectivity index (χ2n) is 9.54. The first-order valence-corrected chi connectivity index (χ1v) is 13.8. The molecule has 0 unspecified atom stereocenters. The zero-order chi connectivity index (χ0) is 22.5. The van der Waals surface area contributed by atoms with Gasteiger partial charge in [0.05, 0.1) is 0 Å². The van der Waals surface area contributed by atoms with E-state index < -0.39 is 13.7 Å². The number of benzene rings is 3. The molecule has 3 aromatic carbocycles. The third-order valence-electron chi connectivity index (χ3n) is 6.27. The van der Waals surface area contributed by atoms with Gasteiger partial charge in [-0.25, -0.2) is 0 Å². The summed E-state index contributed by atoms with van der Waals surface area (Å²) in [4.78, 5) is 0. The molecule has 0 aliphatic rings. The smallest absolute Gasteiger partial charge is 0.148 e. The van der Waals surface area contributed by atoms with Crippen molar-refractivity contribution in [2.75, 3.05) is 0 Å². The van der Waals surface area contributed by atoms with Crippen LogP contribution in [-0.4, -0.2) is 13.2 Å². The average Bonchev–Trinajstić information content (AvgIpc) is 2.77. The average molecular weight is 425 g/mol. The Labute approximate surface area is 188 Å². The molecule has 0 heterocycles. The van der Waals surface area contributed by atoms with Crippen LogP contribution in [-0.2, 0) is 5.60 Å². The van der Waals surface area contributed by atoms with Gasteiger partial charge in [0, 0.05) is 5.57 Å². The SMILES string of the molecule is CC(C)(C)[Si](C)(C)C#C/C(=C/c1ccccc1)C(O)(c1ccccc1)c1ccccc1. The largest absolute Gasteiger partial charge is 0.375 e. The van der Waals surface area contributed by atoms with E-state index >= 15 is 0 Å². The van der Waals surface area contributed by atoms with Gasteiger partial charge < -0.3 is 5.11 Å². The first-order chi connectivity index (χ1) is 14.6. The molecule has 0 bridgehead atoms. The van der Waals surface area contributed by atoms with Crippen molar-refractivity contribution in [1.29, 1.82) is 0 Å². The third-order valence-corrected chi connectivity index (χ3v) is 10.8. The Morgan fingerprint density at radius 3 is 1.58 bits per heavy atom. The highest BCUT2D eigenvalue weighted by molar-refractivity contribution is 6.87. The Bertz CT molecular complexity index is 1040. The lowest BCUT2D eigenvalue weighted by Gasteiger charge is -2.33. The van der Waals surface area contributed by atoms with Crippen LogP contribution in [0.4, 0.5) is 0 Å². The molecule has 3 aromatic rings. The maximum Gasteiger partial charge on any atom is 0.148 e. The van der Waals surface area contributed by atoms with Gasteiger partial charge in [-0.15, -0.1) is 5.54 Å². The van der Waals surface area contributed by atoms with Crippen LogP contribution in [0.1, 0.15) is 37.5 Å². The van der Waals surface area contributed by atoms with Gasteiger partial charge in [0.15, 0.2) is 0 Å². The monoisotopic (exact) mass is 424 g/mol. The Morgan fingerprint density at radius 1 is 0.742 bits per heavy atom. The molecule has 0 saturated carbocycles. The summed E-state index contributed by atoms with van der Waals surface area (Å²) in [5.74, 6) is 3.48. The van der Waals surface area contributed by atoms with Crippen molar-refractivity contribution in [3.63, 3.8) is 0 Å². The van der Waals surface area contributed by atoms with Crippen LogP contribution in [0, 0.1) is 11.5 Å². The molecule has 0 radical (unpaired) electrons. The number of hydrogen-bond donors (Lipinski definition) is 1. The van der Waals surface area contributed by atoms with Crippen molar-refractivity contribution in [2.45, 2.75) is 44.5 Å². The van der Waals surface area contributed by atoms with Crippen molar-refractivity contribution in [1.82, 2.24) is 0 Å². The molecule has 0 aliphatic carbocycles. The van der Waals surface area contributed by atoms with Crippen LogP contribution in [0.15, 0.2) is 96.6 Å². The van der Waals surface area contributed by atoms with Gasteiger partial charge in [-0.2, -0.15) is 0 Å². The summed E-state index contributed by atoms with van der Waals surface area (Å²) in [6.07, 6.45) is 2.03. The second kappa shape index (κ2) is 9.10. The van der Waals surface area contributed by atoms with E-state index in [9.17, 15) is 5.11 Å². The van der Waals surface area contributed by atoms with Crippen LogP contribution < -0.4 is 0 Å². The normalized spacial score (nSPS) is 12.8. The Morgan fingerprint density at radius 2 is 1.16 bits per heavy atom.